The summed E-state index contributed by atoms with van der Waals surface area (Å²) in [5.74, 6) is 0.742. The number of aryl methyl sites for hydroxylation is 1. The van der Waals surface area contributed by atoms with Crippen molar-refractivity contribution in [3.8, 4) is 0 Å². The third kappa shape index (κ3) is 2.30. The maximum atomic E-state index is 5.90. The van der Waals surface area contributed by atoms with Crippen molar-refractivity contribution in [2.75, 3.05) is 11.1 Å². The molecular weight excluding hydrogens is 268 g/mol. The first-order valence-corrected chi connectivity index (χ1v) is 5.56. The lowest BCUT2D eigenvalue weighted by atomic mass is 10.2. The molecule has 2 heterocycles. The number of nitrogen functional groups attached to an aromatic ring is 1. The van der Waals surface area contributed by atoms with Crippen LogP contribution in [-0.4, -0.2) is 9.97 Å². The van der Waals surface area contributed by atoms with Crippen LogP contribution in [0.15, 0.2) is 35.1 Å². The maximum absolute atomic E-state index is 5.90. The molecule has 0 bridgehead atoms. The Morgan fingerprint density at radius 3 is 2.75 bits per heavy atom. The molecule has 0 atom stereocenters. The molecular formula is C11H11BrN4. The van der Waals surface area contributed by atoms with Crippen LogP contribution in [0.1, 0.15) is 5.69 Å². The molecule has 2 aromatic rings. The molecule has 0 unspecified atom stereocenters. The molecule has 0 amide bonds. The van der Waals surface area contributed by atoms with Gasteiger partial charge in [-0.2, -0.15) is 0 Å². The van der Waals surface area contributed by atoms with Gasteiger partial charge in [0.2, 0.25) is 0 Å². The summed E-state index contributed by atoms with van der Waals surface area (Å²) in [5, 5.41) is 3.15. The second-order valence-electron chi connectivity index (χ2n) is 3.34. The van der Waals surface area contributed by atoms with E-state index in [0.29, 0.717) is 5.69 Å². The highest BCUT2D eigenvalue weighted by molar-refractivity contribution is 9.10. The van der Waals surface area contributed by atoms with Crippen LogP contribution in [0.4, 0.5) is 17.2 Å². The summed E-state index contributed by atoms with van der Waals surface area (Å²) < 4.78 is 0.967. The Kier molecular flexibility index (Phi) is 3.05. The second-order valence-corrected chi connectivity index (χ2v) is 4.26. The smallest absolute Gasteiger partial charge is 0.131 e. The van der Waals surface area contributed by atoms with E-state index in [-0.39, 0.29) is 0 Å². The van der Waals surface area contributed by atoms with Gasteiger partial charge >= 0.3 is 0 Å². The number of rotatable bonds is 2. The number of hydrogen-bond acceptors (Lipinski definition) is 4. The summed E-state index contributed by atoms with van der Waals surface area (Å²) in [5.41, 5.74) is 8.17. The van der Waals surface area contributed by atoms with Gasteiger partial charge in [0, 0.05) is 16.9 Å². The first-order valence-electron chi connectivity index (χ1n) is 4.76. The van der Waals surface area contributed by atoms with E-state index in [4.69, 9.17) is 5.73 Å². The lowest BCUT2D eigenvalue weighted by molar-refractivity contribution is 1.20. The van der Waals surface area contributed by atoms with Gasteiger partial charge in [0.15, 0.2) is 0 Å². The SMILES string of the molecule is Cc1nccc(Nc2cc(Br)ccn2)c1N. The fourth-order valence-corrected chi connectivity index (χ4v) is 1.63. The Labute approximate surface area is 102 Å². The fraction of sp³-hybridized carbons (Fsp3) is 0.0909. The van der Waals surface area contributed by atoms with E-state index in [2.05, 4.69) is 31.2 Å². The third-order valence-corrected chi connectivity index (χ3v) is 2.67. The topological polar surface area (TPSA) is 63.8 Å². The van der Waals surface area contributed by atoms with Gasteiger partial charge in [-0.15, -0.1) is 0 Å². The molecule has 0 spiro atoms. The maximum Gasteiger partial charge on any atom is 0.131 e. The molecule has 0 aliphatic heterocycles. The quantitative estimate of drug-likeness (QED) is 0.887. The number of halogens is 1. The summed E-state index contributed by atoms with van der Waals surface area (Å²) in [4.78, 5) is 8.29. The van der Waals surface area contributed by atoms with Crippen LogP contribution in [-0.2, 0) is 0 Å². The lowest BCUT2D eigenvalue weighted by Crippen LogP contribution is -2.00. The molecule has 3 N–H and O–H groups in total. The molecule has 2 rings (SSSR count). The molecule has 0 saturated carbocycles. The van der Waals surface area contributed by atoms with Crippen LogP contribution in [0.5, 0.6) is 0 Å². The summed E-state index contributed by atoms with van der Waals surface area (Å²) in [6.45, 7) is 1.87. The average molecular weight is 279 g/mol. The van der Waals surface area contributed by atoms with Gasteiger partial charge in [-0.1, -0.05) is 15.9 Å². The zero-order chi connectivity index (χ0) is 11.5. The van der Waals surface area contributed by atoms with Crippen molar-refractivity contribution in [1.29, 1.82) is 0 Å². The molecule has 0 saturated heterocycles. The van der Waals surface area contributed by atoms with Crippen molar-refractivity contribution in [1.82, 2.24) is 9.97 Å². The van der Waals surface area contributed by atoms with Gasteiger partial charge in [0.1, 0.15) is 5.82 Å². The second kappa shape index (κ2) is 4.49. The van der Waals surface area contributed by atoms with Gasteiger partial charge in [-0.25, -0.2) is 4.98 Å². The normalized spacial score (nSPS) is 10.1. The Morgan fingerprint density at radius 2 is 2.00 bits per heavy atom. The predicted octanol–water partition coefficient (Wildman–Crippen LogP) is 2.87. The largest absolute Gasteiger partial charge is 0.396 e. The highest BCUT2D eigenvalue weighted by Crippen LogP contribution is 2.24. The van der Waals surface area contributed by atoms with E-state index in [1.165, 1.54) is 0 Å². The minimum absolute atomic E-state index is 0.643. The van der Waals surface area contributed by atoms with E-state index < -0.39 is 0 Å². The fourth-order valence-electron chi connectivity index (χ4n) is 1.30. The lowest BCUT2D eigenvalue weighted by Gasteiger charge is -2.09. The monoisotopic (exact) mass is 278 g/mol. The van der Waals surface area contributed by atoms with Crippen molar-refractivity contribution in [2.45, 2.75) is 6.92 Å². The van der Waals surface area contributed by atoms with Gasteiger partial charge in [0.05, 0.1) is 17.1 Å². The van der Waals surface area contributed by atoms with Crippen molar-refractivity contribution in [3.63, 3.8) is 0 Å². The van der Waals surface area contributed by atoms with Gasteiger partial charge in [-0.05, 0) is 25.1 Å². The van der Waals surface area contributed by atoms with E-state index in [0.717, 1.165) is 21.7 Å². The highest BCUT2D eigenvalue weighted by atomic mass is 79.9. The number of aromatic nitrogens is 2. The Balaban J connectivity index is 2.31. The summed E-state index contributed by atoms with van der Waals surface area (Å²) in [7, 11) is 0. The summed E-state index contributed by atoms with van der Waals surface area (Å²) in [6, 6.07) is 5.58. The Hall–Kier alpha value is -1.62. The number of pyridine rings is 2. The third-order valence-electron chi connectivity index (χ3n) is 2.17. The molecule has 0 aliphatic rings. The van der Waals surface area contributed by atoms with Crippen LogP contribution in [0.25, 0.3) is 0 Å². The van der Waals surface area contributed by atoms with E-state index in [1.54, 1.807) is 12.4 Å². The average Bonchev–Trinajstić information content (AvgIpc) is 2.25. The van der Waals surface area contributed by atoms with Crippen LogP contribution in [0.3, 0.4) is 0 Å². The van der Waals surface area contributed by atoms with Crippen molar-refractivity contribution in [3.05, 3.63) is 40.8 Å². The van der Waals surface area contributed by atoms with Gasteiger partial charge < -0.3 is 11.1 Å². The first-order chi connectivity index (χ1) is 7.66. The molecule has 82 valence electrons. The minimum Gasteiger partial charge on any atom is -0.396 e. The van der Waals surface area contributed by atoms with Crippen LogP contribution >= 0.6 is 15.9 Å². The van der Waals surface area contributed by atoms with Crippen LogP contribution < -0.4 is 11.1 Å². The first kappa shape index (κ1) is 10.9. The van der Waals surface area contributed by atoms with Gasteiger partial charge in [-0.3, -0.25) is 4.98 Å². The molecule has 0 aliphatic carbocycles. The number of nitrogens with one attached hydrogen (secondary N) is 1. The molecule has 16 heavy (non-hydrogen) atoms. The van der Waals surface area contributed by atoms with Crippen LogP contribution in [0.2, 0.25) is 0 Å². The van der Waals surface area contributed by atoms with E-state index in [9.17, 15) is 0 Å². The standard InChI is InChI=1S/C11H11BrN4/c1-7-11(13)9(3-5-14-7)16-10-6-8(12)2-4-15-10/h2-6H,13H2,1H3,(H,14,15,16). The zero-order valence-electron chi connectivity index (χ0n) is 8.74. The predicted molar refractivity (Wildman–Crippen MR) is 68.6 cm³/mol. The Bertz CT molecular complexity index is 513. The summed E-state index contributed by atoms with van der Waals surface area (Å²) in [6.07, 6.45) is 3.43. The number of nitrogens with zero attached hydrogens (tertiary/aromatic N) is 2. The molecule has 5 heteroatoms. The molecule has 0 aromatic carbocycles. The Morgan fingerprint density at radius 1 is 1.25 bits per heavy atom. The van der Waals surface area contributed by atoms with E-state index >= 15 is 0 Å². The zero-order valence-corrected chi connectivity index (χ0v) is 10.3. The highest BCUT2D eigenvalue weighted by Gasteiger charge is 2.03. The molecule has 4 nitrogen and oxygen atoms in total. The molecule has 0 fully saturated rings. The van der Waals surface area contributed by atoms with Crippen molar-refractivity contribution < 1.29 is 0 Å². The van der Waals surface area contributed by atoms with E-state index in [1.807, 2.05) is 25.1 Å². The number of nitrogens with two attached hydrogens (primary N) is 1. The van der Waals surface area contributed by atoms with Crippen molar-refractivity contribution in [2.24, 2.45) is 0 Å². The minimum atomic E-state index is 0.643. The van der Waals surface area contributed by atoms with Crippen LogP contribution in [0, 0.1) is 6.92 Å². The van der Waals surface area contributed by atoms with Crippen molar-refractivity contribution >= 4 is 33.1 Å². The van der Waals surface area contributed by atoms with Gasteiger partial charge in [0.25, 0.3) is 0 Å². The number of anilines is 3. The molecule has 2 aromatic heterocycles. The molecule has 0 radical (unpaired) electrons. The number of hydrogen-bond donors (Lipinski definition) is 2. The summed E-state index contributed by atoms with van der Waals surface area (Å²) >= 11 is 3.38.